The van der Waals surface area contributed by atoms with Crippen molar-refractivity contribution in [1.29, 1.82) is 0 Å². The summed E-state index contributed by atoms with van der Waals surface area (Å²) in [4.78, 5) is 13.6. The normalized spacial score (nSPS) is 15.1. The summed E-state index contributed by atoms with van der Waals surface area (Å²) >= 11 is 0. The van der Waals surface area contributed by atoms with Gasteiger partial charge in [0.2, 0.25) is 0 Å². The van der Waals surface area contributed by atoms with Gasteiger partial charge in [-0.3, -0.25) is 4.79 Å². The predicted octanol–water partition coefficient (Wildman–Crippen LogP) is 2.64. The average molecular weight is 265 g/mol. The SMILES string of the molecule is COc1cc2c(cc1C)CN(C(=O)C(C)(C)F)CC2. The fourth-order valence-electron chi connectivity index (χ4n) is 2.48. The molecule has 4 heteroatoms. The molecule has 0 saturated heterocycles. The lowest BCUT2D eigenvalue weighted by Gasteiger charge is -2.32. The molecule has 0 spiro atoms. The summed E-state index contributed by atoms with van der Waals surface area (Å²) in [5.41, 5.74) is 1.50. The highest BCUT2D eigenvalue weighted by molar-refractivity contribution is 5.84. The molecule has 0 N–H and O–H groups in total. The molecule has 0 fully saturated rings. The van der Waals surface area contributed by atoms with Crippen LogP contribution in [0.2, 0.25) is 0 Å². The van der Waals surface area contributed by atoms with Gasteiger partial charge in [-0.15, -0.1) is 0 Å². The second-order valence-electron chi connectivity index (χ2n) is 5.54. The van der Waals surface area contributed by atoms with Gasteiger partial charge in [-0.1, -0.05) is 6.07 Å². The maximum absolute atomic E-state index is 13.7. The summed E-state index contributed by atoms with van der Waals surface area (Å²) in [6.07, 6.45) is 0.744. The van der Waals surface area contributed by atoms with Crippen molar-refractivity contribution in [3.05, 3.63) is 28.8 Å². The quantitative estimate of drug-likeness (QED) is 0.822. The fraction of sp³-hybridized carbons (Fsp3) is 0.533. The van der Waals surface area contributed by atoms with Gasteiger partial charge in [-0.25, -0.2) is 4.39 Å². The van der Waals surface area contributed by atoms with E-state index >= 15 is 0 Å². The molecule has 0 saturated carbocycles. The number of benzene rings is 1. The second kappa shape index (κ2) is 4.83. The third-order valence-electron chi connectivity index (χ3n) is 3.53. The Labute approximate surface area is 113 Å². The Bertz CT molecular complexity index is 506. The Morgan fingerprint density at radius 2 is 2.05 bits per heavy atom. The molecular formula is C15H20FNO2. The van der Waals surface area contributed by atoms with Gasteiger partial charge < -0.3 is 9.64 Å². The average Bonchev–Trinajstić information content (AvgIpc) is 2.35. The Kier molecular flexibility index (Phi) is 3.52. The van der Waals surface area contributed by atoms with Crippen molar-refractivity contribution < 1.29 is 13.9 Å². The Balaban J connectivity index is 2.25. The van der Waals surface area contributed by atoms with E-state index in [0.717, 1.165) is 23.3 Å². The van der Waals surface area contributed by atoms with Crippen molar-refractivity contribution in [3.63, 3.8) is 0 Å². The molecule has 1 aromatic rings. The number of carbonyl (C=O) groups excluding carboxylic acids is 1. The molecule has 1 aliphatic rings. The predicted molar refractivity (Wildman–Crippen MR) is 72.0 cm³/mol. The van der Waals surface area contributed by atoms with E-state index in [1.54, 1.807) is 12.0 Å². The molecule has 19 heavy (non-hydrogen) atoms. The summed E-state index contributed by atoms with van der Waals surface area (Å²) in [5, 5.41) is 0. The van der Waals surface area contributed by atoms with Crippen LogP contribution in [0.5, 0.6) is 5.75 Å². The van der Waals surface area contributed by atoms with Crippen molar-refractivity contribution in [2.75, 3.05) is 13.7 Å². The summed E-state index contributed by atoms with van der Waals surface area (Å²) < 4.78 is 19.0. The smallest absolute Gasteiger partial charge is 0.259 e. The zero-order valence-electron chi connectivity index (χ0n) is 11.9. The standard InChI is InChI=1S/C15H20FNO2/c1-10-7-12-9-17(14(18)15(2,3)16)6-5-11(12)8-13(10)19-4/h7-8H,5-6,9H2,1-4H3. The van der Waals surface area contributed by atoms with Gasteiger partial charge in [0.1, 0.15) is 5.75 Å². The van der Waals surface area contributed by atoms with E-state index in [4.69, 9.17) is 4.74 Å². The molecule has 0 aromatic heterocycles. The van der Waals surface area contributed by atoms with E-state index in [9.17, 15) is 9.18 Å². The number of carbonyl (C=O) groups is 1. The summed E-state index contributed by atoms with van der Waals surface area (Å²) in [6.45, 7) is 5.63. The second-order valence-corrected chi connectivity index (χ2v) is 5.54. The number of hydrogen-bond acceptors (Lipinski definition) is 2. The number of amides is 1. The molecule has 1 amide bonds. The molecule has 3 nitrogen and oxygen atoms in total. The van der Waals surface area contributed by atoms with Gasteiger partial charge >= 0.3 is 0 Å². The van der Waals surface area contributed by atoms with E-state index < -0.39 is 11.6 Å². The van der Waals surface area contributed by atoms with Crippen LogP contribution in [0.1, 0.15) is 30.5 Å². The highest BCUT2D eigenvalue weighted by atomic mass is 19.1. The maximum Gasteiger partial charge on any atom is 0.259 e. The van der Waals surface area contributed by atoms with Crippen LogP contribution >= 0.6 is 0 Å². The number of methoxy groups -OCH3 is 1. The lowest BCUT2D eigenvalue weighted by atomic mass is 9.96. The molecule has 0 atom stereocenters. The molecule has 0 radical (unpaired) electrons. The van der Waals surface area contributed by atoms with Crippen molar-refractivity contribution in [3.8, 4) is 5.75 Å². The summed E-state index contributed by atoms with van der Waals surface area (Å²) in [5.74, 6) is 0.427. The number of aryl methyl sites for hydroxylation is 1. The van der Waals surface area contributed by atoms with E-state index in [0.29, 0.717) is 13.1 Å². The highest BCUT2D eigenvalue weighted by Crippen LogP contribution is 2.28. The molecule has 2 rings (SSSR count). The zero-order chi connectivity index (χ0) is 14.2. The van der Waals surface area contributed by atoms with Gasteiger partial charge in [-0.05, 0) is 49.9 Å². The van der Waals surface area contributed by atoms with E-state index in [1.165, 1.54) is 19.4 Å². The molecule has 0 unspecified atom stereocenters. The summed E-state index contributed by atoms with van der Waals surface area (Å²) in [7, 11) is 1.65. The Morgan fingerprint density at radius 3 is 2.63 bits per heavy atom. The zero-order valence-corrected chi connectivity index (χ0v) is 11.9. The highest BCUT2D eigenvalue weighted by Gasteiger charge is 2.33. The van der Waals surface area contributed by atoms with Gasteiger partial charge in [-0.2, -0.15) is 0 Å². The fourth-order valence-corrected chi connectivity index (χ4v) is 2.48. The van der Waals surface area contributed by atoms with E-state index in [1.807, 2.05) is 19.1 Å². The summed E-state index contributed by atoms with van der Waals surface area (Å²) in [6, 6.07) is 4.05. The number of hydrogen-bond donors (Lipinski definition) is 0. The first-order valence-electron chi connectivity index (χ1n) is 6.47. The van der Waals surface area contributed by atoms with Crippen LogP contribution in [0.4, 0.5) is 4.39 Å². The molecule has 1 aromatic carbocycles. The molecule has 0 bridgehead atoms. The minimum atomic E-state index is -1.81. The van der Waals surface area contributed by atoms with Crippen LogP contribution in [0.15, 0.2) is 12.1 Å². The Hall–Kier alpha value is -1.58. The first kappa shape index (κ1) is 13.8. The van der Waals surface area contributed by atoms with Crippen LogP contribution in [0.25, 0.3) is 0 Å². The minimum absolute atomic E-state index is 0.438. The number of rotatable bonds is 2. The number of fused-ring (bicyclic) bond motifs is 1. The molecule has 0 aliphatic carbocycles. The minimum Gasteiger partial charge on any atom is -0.496 e. The molecule has 1 heterocycles. The van der Waals surface area contributed by atoms with Crippen LogP contribution in [0.3, 0.4) is 0 Å². The number of halogens is 1. The first-order chi connectivity index (χ1) is 8.82. The van der Waals surface area contributed by atoms with Gasteiger partial charge in [0, 0.05) is 13.1 Å². The number of alkyl halides is 1. The molecule has 104 valence electrons. The van der Waals surface area contributed by atoms with Crippen LogP contribution in [-0.2, 0) is 17.8 Å². The van der Waals surface area contributed by atoms with Gasteiger partial charge in [0.25, 0.3) is 5.91 Å². The monoisotopic (exact) mass is 265 g/mol. The number of ether oxygens (including phenoxy) is 1. The third kappa shape index (κ3) is 2.72. The van der Waals surface area contributed by atoms with Crippen LogP contribution in [0, 0.1) is 6.92 Å². The van der Waals surface area contributed by atoms with Gasteiger partial charge in [0.15, 0.2) is 5.67 Å². The van der Waals surface area contributed by atoms with Crippen molar-refractivity contribution in [1.82, 2.24) is 4.90 Å². The lowest BCUT2D eigenvalue weighted by Crippen LogP contribution is -2.44. The van der Waals surface area contributed by atoms with Crippen LogP contribution in [-0.4, -0.2) is 30.1 Å². The Morgan fingerprint density at radius 1 is 1.37 bits per heavy atom. The molecule has 1 aliphatic heterocycles. The van der Waals surface area contributed by atoms with Crippen molar-refractivity contribution in [2.45, 2.75) is 39.4 Å². The largest absolute Gasteiger partial charge is 0.496 e. The van der Waals surface area contributed by atoms with Gasteiger partial charge in [0.05, 0.1) is 7.11 Å². The lowest BCUT2D eigenvalue weighted by molar-refractivity contribution is -0.142. The first-order valence-corrected chi connectivity index (χ1v) is 6.47. The van der Waals surface area contributed by atoms with Crippen LogP contribution < -0.4 is 4.74 Å². The maximum atomic E-state index is 13.7. The number of nitrogens with zero attached hydrogens (tertiary/aromatic N) is 1. The topological polar surface area (TPSA) is 29.5 Å². The van der Waals surface area contributed by atoms with E-state index in [-0.39, 0.29) is 0 Å². The third-order valence-corrected chi connectivity index (χ3v) is 3.53. The molecular weight excluding hydrogens is 245 g/mol. The van der Waals surface area contributed by atoms with E-state index in [2.05, 4.69) is 0 Å². The van der Waals surface area contributed by atoms with Crippen molar-refractivity contribution in [2.24, 2.45) is 0 Å². The van der Waals surface area contributed by atoms with Crippen molar-refractivity contribution >= 4 is 5.91 Å².